The van der Waals surface area contributed by atoms with Crippen molar-refractivity contribution in [1.29, 1.82) is 0 Å². The molecular formula is C25H24N2OS. The fourth-order valence-corrected chi connectivity index (χ4v) is 4.49. The molecule has 4 rings (SSSR count). The first-order chi connectivity index (χ1) is 14.0. The van der Waals surface area contributed by atoms with Crippen LogP contribution in [0.15, 0.2) is 66.7 Å². The van der Waals surface area contributed by atoms with E-state index in [1.54, 1.807) is 11.3 Å². The zero-order valence-corrected chi connectivity index (χ0v) is 17.8. The molecule has 0 atom stereocenters. The Labute approximate surface area is 175 Å². The summed E-state index contributed by atoms with van der Waals surface area (Å²) in [5, 5.41) is 0.754. The molecule has 0 bridgehead atoms. The van der Waals surface area contributed by atoms with Crippen molar-refractivity contribution < 1.29 is 4.79 Å². The summed E-state index contributed by atoms with van der Waals surface area (Å²) in [6.07, 6.45) is 0.370. The molecule has 0 unspecified atom stereocenters. The van der Waals surface area contributed by atoms with Crippen LogP contribution in [0, 0.1) is 20.8 Å². The molecule has 0 saturated heterocycles. The van der Waals surface area contributed by atoms with Crippen molar-refractivity contribution in [3.8, 4) is 0 Å². The highest BCUT2D eigenvalue weighted by Gasteiger charge is 2.21. The molecular weight excluding hydrogens is 376 g/mol. The zero-order valence-electron chi connectivity index (χ0n) is 17.0. The van der Waals surface area contributed by atoms with Crippen LogP contribution in [0.4, 0.5) is 5.13 Å². The summed E-state index contributed by atoms with van der Waals surface area (Å²) >= 11 is 1.58. The van der Waals surface area contributed by atoms with E-state index in [9.17, 15) is 4.79 Å². The maximum Gasteiger partial charge on any atom is 0.233 e. The first-order valence-electron chi connectivity index (χ1n) is 9.77. The monoisotopic (exact) mass is 400 g/mol. The van der Waals surface area contributed by atoms with E-state index in [-0.39, 0.29) is 5.91 Å². The SMILES string of the molecule is Cc1ccc(C)c(CC(=O)N(Cc2ccccc2)c2nc3ccc(C)cc3s2)c1. The summed E-state index contributed by atoms with van der Waals surface area (Å²) in [5.74, 6) is 0.0679. The van der Waals surface area contributed by atoms with Crippen molar-refractivity contribution in [3.05, 3.63) is 94.5 Å². The van der Waals surface area contributed by atoms with Crippen LogP contribution in [0.1, 0.15) is 27.8 Å². The smallest absolute Gasteiger partial charge is 0.233 e. The molecule has 29 heavy (non-hydrogen) atoms. The molecule has 0 aliphatic heterocycles. The quantitative estimate of drug-likeness (QED) is 0.412. The van der Waals surface area contributed by atoms with Crippen molar-refractivity contribution in [1.82, 2.24) is 4.98 Å². The van der Waals surface area contributed by atoms with Gasteiger partial charge in [-0.25, -0.2) is 4.98 Å². The average Bonchev–Trinajstić information content (AvgIpc) is 3.12. The zero-order chi connectivity index (χ0) is 20.4. The normalized spacial score (nSPS) is 11.0. The number of hydrogen-bond acceptors (Lipinski definition) is 3. The van der Waals surface area contributed by atoms with E-state index in [4.69, 9.17) is 4.98 Å². The summed E-state index contributed by atoms with van der Waals surface area (Å²) in [4.78, 5) is 20.0. The van der Waals surface area contributed by atoms with E-state index in [1.165, 1.54) is 11.1 Å². The molecule has 4 aromatic rings. The molecule has 3 nitrogen and oxygen atoms in total. The number of hydrogen-bond donors (Lipinski definition) is 0. The summed E-state index contributed by atoms with van der Waals surface area (Å²) in [6, 6.07) is 22.6. The summed E-state index contributed by atoms with van der Waals surface area (Å²) in [7, 11) is 0. The minimum atomic E-state index is 0.0679. The number of fused-ring (bicyclic) bond motifs is 1. The van der Waals surface area contributed by atoms with Gasteiger partial charge in [0.1, 0.15) is 0 Å². The van der Waals surface area contributed by atoms with Crippen LogP contribution in [0.25, 0.3) is 10.2 Å². The van der Waals surface area contributed by atoms with Gasteiger partial charge in [-0.15, -0.1) is 0 Å². The highest BCUT2D eigenvalue weighted by atomic mass is 32.1. The number of aryl methyl sites for hydroxylation is 3. The van der Waals surface area contributed by atoms with E-state index in [0.29, 0.717) is 13.0 Å². The van der Waals surface area contributed by atoms with Gasteiger partial charge in [0.2, 0.25) is 5.91 Å². The number of rotatable bonds is 5. The van der Waals surface area contributed by atoms with Gasteiger partial charge in [-0.3, -0.25) is 9.69 Å². The van der Waals surface area contributed by atoms with Crippen molar-refractivity contribution in [2.45, 2.75) is 33.7 Å². The second-order valence-electron chi connectivity index (χ2n) is 7.54. The molecule has 0 aliphatic rings. The maximum absolute atomic E-state index is 13.4. The molecule has 0 spiro atoms. The van der Waals surface area contributed by atoms with E-state index < -0.39 is 0 Å². The van der Waals surface area contributed by atoms with Gasteiger partial charge in [-0.2, -0.15) is 0 Å². The molecule has 1 amide bonds. The average molecular weight is 401 g/mol. The van der Waals surface area contributed by atoms with Gasteiger partial charge in [-0.05, 0) is 55.2 Å². The predicted molar refractivity (Wildman–Crippen MR) is 122 cm³/mol. The highest BCUT2D eigenvalue weighted by Crippen LogP contribution is 2.31. The molecule has 0 N–H and O–H groups in total. The topological polar surface area (TPSA) is 33.2 Å². The lowest BCUT2D eigenvalue weighted by Crippen LogP contribution is -2.31. The van der Waals surface area contributed by atoms with Crippen molar-refractivity contribution in [2.75, 3.05) is 4.90 Å². The Bertz CT molecular complexity index is 1160. The van der Waals surface area contributed by atoms with Gasteiger partial charge in [0.25, 0.3) is 0 Å². The molecule has 0 saturated carbocycles. The highest BCUT2D eigenvalue weighted by molar-refractivity contribution is 7.22. The number of benzene rings is 3. The van der Waals surface area contributed by atoms with E-state index >= 15 is 0 Å². The summed E-state index contributed by atoms with van der Waals surface area (Å²) < 4.78 is 1.11. The largest absolute Gasteiger partial charge is 0.283 e. The second kappa shape index (κ2) is 8.18. The number of nitrogens with zero attached hydrogens (tertiary/aromatic N) is 2. The maximum atomic E-state index is 13.4. The molecule has 0 fully saturated rings. The third-order valence-electron chi connectivity index (χ3n) is 5.09. The fourth-order valence-electron chi connectivity index (χ4n) is 3.41. The number of amides is 1. The van der Waals surface area contributed by atoms with Crippen molar-refractivity contribution in [2.24, 2.45) is 0 Å². The lowest BCUT2D eigenvalue weighted by Gasteiger charge is -2.21. The van der Waals surface area contributed by atoms with Gasteiger partial charge in [0.05, 0.1) is 23.2 Å². The van der Waals surface area contributed by atoms with Crippen molar-refractivity contribution >= 4 is 32.6 Å². The summed E-state index contributed by atoms with van der Waals surface area (Å²) in [6.45, 7) is 6.71. The molecule has 146 valence electrons. The third-order valence-corrected chi connectivity index (χ3v) is 6.14. The van der Waals surface area contributed by atoms with Gasteiger partial charge >= 0.3 is 0 Å². The van der Waals surface area contributed by atoms with Gasteiger partial charge < -0.3 is 0 Å². The van der Waals surface area contributed by atoms with E-state index in [1.807, 2.05) is 29.2 Å². The molecule has 3 aromatic carbocycles. The van der Waals surface area contributed by atoms with Crippen LogP contribution < -0.4 is 4.90 Å². The predicted octanol–water partition coefficient (Wildman–Crippen LogP) is 6.00. The standard InChI is InChI=1S/C25H24N2OS/c1-17-9-11-19(3)21(13-17)15-24(28)27(16-20-7-5-4-6-8-20)25-26-22-12-10-18(2)14-23(22)29-25/h4-14H,15-16H2,1-3H3. The Morgan fingerprint density at radius 1 is 0.931 bits per heavy atom. The number of carbonyl (C=O) groups excluding carboxylic acids is 1. The van der Waals surface area contributed by atoms with Crippen LogP contribution in [0.2, 0.25) is 0 Å². The van der Waals surface area contributed by atoms with Gasteiger partial charge in [0.15, 0.2) is 5.13 Å². The van der Waals surface area contributed by atoms with Gasteiger partial charge in [-0.1, -0.05) is 71.5 Å². The Hall–Kier alpha value is -2.98. The number of anilines is 1. The van der Waals surface area contributed by atoms with Crippen LogP contribution in [0.3, 0.4) is 0 Å². The van der Waals surface area contributed by atoms with E-state index in [2.05, 4.69) is 63.2 Å². The lowest BCUT2D eigenvalue weighted by molar-refractivity contribution is -0.118. The number of aromatic nitrogens is 1. The van der Waals surface area contributed by atoms with Crippen LogP contribution in [-0.2, 0) is 17.8 Å². The molecule has 1 aromatic heterocycles. The van der Waals surface area contributed by atoms with E-state index in [0.717, 1.165) is 32.0 Å². The fraction of sp³-hybridized carbons (Fsp3) is 0.200. The minimum absolute atomic E-state index is 0.0679. The van der Waals surface area contributed by atoms with Crippen molar-refractivity contribution in [3.63, 3.8) is 0 Å². The van der Waals surface area contributed by atoms with Crippen LogP contribution in [-0.4, -0.2) is 10.9 Å². The van der Waals surface area contributed by atoms with Crippen LogP contribution in [0.5, 0.6) is 0 Å². The Morgan fingerprint density at radius 3 is 2.45 bits per heavy atom. The van der Waals surface area contributed by atoms with Gasteiger partial charge in [0, 0.05) is 0 Å². The third kappa shape index (κ3) is 4.38. The number of carbonyl (C=O) groups is 1. The number of thiazole rings is 1. The first-order valence-corrected chi connectivity index (χ1v) is 10.6. The molecule has 4 heteroatoms. The van der Waals surface area contributed by atoms with Crippen LogP contribution >= 0.6 is 11.3 Å². The minimum Gasteiger partial charge on any atom is -0.283 e. The molecule has 0 radical (unpaired) electrons. The second-order valence-corrected chi connectivity index (χ2v) is 8.55. The molecule has 0 aliphatic carbocycles. The summed E-state index contributed by atoms with van der Waals surface area (Å²) in [5.41, 5.74) is 6.62. The Morgan fingerprint density at radius 2 is 1.66 bits per heavy atom. The first kappa shape index (κ1) is 19.3. The Kier molecular flexibility index (Phi) is 5.45. The molecule has 1 heterocycles. The lowest BCUT2D eigenvalue weighted by atomic mass is 10.0. The Balaban J connectivity index is 1.70.